The summed E-state index contributed by atoms with van der Waals surface area (Å²) in [5, 5.41) is 24.2. The van der Waals surface area contributed by atoms with Crippen LogP contribution >= 0.6 is 0 Å². The monoisotopic (exact) mass is 488 g/mol. The summed E-state index contributed by atoms with van der Waals surface area (Å²) in [4.78, 5) is 16.3. The van der Waals surface area contributed by atoms with Crippen molar-refractivity contribution in [3.63, 3.8) is 0 Å². The van der Waals surface area contributed by atoms with E-state index in [1.807, 2.05) is 37.3 Å². The van der Waals surface area contributed by atoms with Crippen LogP contribution in [0.3, 0.4) is 0 Å². The van der Waals surface area contributed by atoms with Gasteiger partial charge in [-0.1, -0.05) is 37.3 Å². The van der Waals surface area contributed by atoms with Crippen LogP contribution in [0.4, 0.5) is 0 Å². The molecule has 0 radical (unpaired) electrons. The van der Waals surface area contributed by atoms with E-state index in [4.69, 9.17) is 4.74 Å². The average Bonchev–Trinajstić information content (AvgIpc) is 3.40. The van der Waals surface area contributed by atoms with E-state index in [0.717, 1.165) is 35.3 Å². The van der Waals surface area contributed by atoms with Gasteiger partial charge in [-0.3, -0.25) is 9.78 Å². The van der Waals surface area contributed by atoms with Gasteiger partial charge in [0.05, 0.1) is 12.2 Å². The highest BCUT2D eigenvalue weighted by molar-refractivity contribution is 5.75. The fourth-order valence-electron chi connectivity index (χ4n) is 5.21. The molecule has 6 atom stereocenters. The molecule has 2 heterocycles. The summed E-state index contributed by atoms with van der Waals surface area (Å²) in [6.45, 7) is 4.28. The van der Waals surface area contributed by atoms with Gasteiger partial charge in [-0.15, -0.1) is 11.8 Å². The number of hydrogen-bond acceptors (Lipinski definition) is 5. The number of rotatable bonds is 10. The topological polar surface area (TPSA) is 91.7 Å². The quantitative estimate of drug-likeness (QED) is 0.348. The number of para-hydroxylation sites is 1. The van der Waals surface area contributed by atoms with Gasteiger partial charge in [0.2, 0.25) is 5.91 Å². The number of aryl methyl sites for hydroxylation is 1. The molecule has 0 unspecified atom stereocenters. The Balaban J connectivity index is 1.35. The van der Waals surface area contributed by atoms with Crippen molar-refractivity contribution in [3.05, 3.63) is 71.6 Å². The van der Waals surface area contributed by atoms with E-state index < -0.39 is 12.2 Å². The Kier molecular flexibility index (Phi) is 8.79. The van der Waals surface area contributed by atoms with Crippen LogP contribution in [0.25, 0.3) is 0 Å². The Morgan fingerprint density at radius 1 is 1.31 bits per heavy atom. The van der Waals surface area contributed by atoms with E-state index in [-0.39, 0.29) is 29.8 Å². The van der Waals surface area contributed by atoms with E-state index >= 15 is 0 Å². The first-order valence-electron chi connectivity index (χ1n) is 12.9. The van der Waals surface area contributed by atoms with Crippen molar-refractivity contribution in [2.45, 2.75) is 76.7 Å². The molecule has 1 aliphatic heterocycles. The second kappa shape index (κ2) is 12.2. The second-order valence-electron chi connectivity index (χ2n) is 9.87. The number of nitrogens with one attached hydrogen (secondary N) is 1. The molecule has 0 saturated heterocycles. The van der Waals surface area contributed by atoms with E-state index in [1.165, 1.54) is 0 Å². The largest absolute Gasteiger partial charge is 0.489 e. The second-order valence-corrected chi connectivity index (χ2v) is 9.87. The van der Waals surface area contributed by atoms with Gasteiger partial charge in [-0.05, 0) is 48.9 Å². The zero-order valence-corrected chi connectivity index (χ0v) is 21.1. The molecule has 190 valence electrons. The number of ether oxygens (including phenoxy) is 1. The third kappa shape index (κ3) is 6.16. The lowest BCUT2D eigenvalue weighted by atomic mass is 9.86. The summed E-state index contributed by atoms with van der Waals surface area (Å²) in [6, 6.07) is 9.97. The number of pyridine rings is 1. The minimum absolute atomic E-state index is 0.0307. The number of aliphatic hydroxyl groups excluding tert-OH is 2. The van der Waals surface area contributed by atoms with E-state index in [0.29, 0.717) is 25.8 Å². The first kappa shape index (κ1) is 25.9. The van der Waals surface area contributed by atoms with Gasteiger partial charge in [0.1, 0.15) is 11.9 Å². The smallest absolute Gasteiger partial charge is 0.220 e. The molecule has 4 rings (SSSR count). The molecule has 1 amide bonds. The zero-order chi connectivity index (χ0) is 25.5. The summed E-state index contributed by atoms with van der Waals surface area (Å²) in [5.74, 6) is 6.81. The highest BCUT2D eigenvalue weighted by Gasteiger charge is 2.48. The van der Waals surface area contributed by atoms with Crippen molar-refractivity contribution in [2.24, 2.45) is 11.8 Å². The standard InChI is InChI=1S/C30H36N2O4/c1-3-4-7-20(2)25(33)13-12-23-26(34)18-27-29(23)24-10-5-8-22(30(24)36-27)9-6-11-28(35)32-19-21-14-16-31-17-15-21/h5,8,10,12-17,20,23,25-27,29,33-34H,6-7,9,11,18-19H2,1-2H3,(H,32,35)/b13-12+/t20-,23-,25+,26+,27-,29-/m0/s1. The maximum atomic E-state index is 12.3. The highest BCUT2D eigenvalue weighted by atomic mass is 16.5. The molecule has 1 saturated carbocycles. The number of aliphatic hydroxyl groups is 2. The van der Waals surface area contributed by atoms with Gasteiger partial charge in [0.25, 0.3) is 0 Å². The maximum absolute atomic E-state index is 12.3. The molecule has 1 aliphatic carbocycles. The lowest BCUT2D eigenvalue weighted by Crippen LogP contribution is -2.22. The van der Waals surface area contributed by atoms with Gasteiger partial charge in [-0.25, -0.2) is 0 Å². The average molecular weight is 489 g/mol. The predicted octanol–water partition coefficient (Wildman–Crippen LogP) is 3.91. The lowest BCUT2D eigenvalue weighted by molar-refractivity contribution is -0.121. The number of carbonyl (C=O) groups excluding carboxylic acids is 1. The number of benzene rings is 1. The van der Waals surface area contributed by atoms with Crippen LogP contribution in [0, 0.1) is 23.7 Å². The van der Waals surface area contributed by atoms with E-state index in [9.17, 15) is 15.0 Å². The molecule has 1 aromatic heterocycles. The predicted molar refractivity (Wildman–Crippen MR) is 139 cm³/mol. The van der Waals surface area contributed by atoms with Gasteiger partial charge < -0.3 is 20.3 Å². The molecule has 1 aromatic carbocycles. The van der Waals surface area contributed by atoms with Crippen LogP contribution in [-0.4, -0.2) is 39.4 Å². The minimum atomic E-state index is -0.602. The van der Waals surface area contributed by atoms with Crippen molar-refractivity contribution in [1.82, 2.24) is 10.3 Å². The van der Waals surface area contributed by atoms with Gasteiger partial charge in [0, 0.05) is 55.6 Å². The zero-order valence-electron chi connectivity index (χ0n) is 21.1. The third-order valence-electron chi connectivity index (χ3n) is 7.29. The van der Waals surface area contributed by atoms with Crippen LogP contribution in [-0.2, 0) is 17.8 Å². The van der Waals surface area contributed by atoms with Crippen molar-refractivity contribution in [1.29, 1.82) is 0 Å². The number of hydrogen-bond donors (Lipinski definition) is 3. The molecular weight excluding hydrogens is 452 g/mol. The Morgan fingerprint density at radius 2 is 2.11 bits per heavy atom. The molecule has 2 aliphatic rings. The lowest BCUT2D eigenvalue weighted by Gasteiger charge is -2.19. The highest BCUT2D eigenvalue weighted by Crippen LogP contribution is 2.52. The Labute approximate surface area is 213 Å². The van der Waals surface area contributed by atoms with Gasteiger partial charge >= 0.3 is 0 Å². The van der Waals surface area contributed by atoms with Crippen LogP contribution in [0.5, 0.6) is 5.75 Å². The van der Waals surface area contributed by atoms with E-state index in [1.54, 1.807) is 19.3 Å². The fourth-order valence-corrected chi connectivity index (χ4v) is 5.21. The third-order valence-corrected chi connectivity index (χ3v) is 7.29. The van der Waals surface area contributed by atoms with Gasteiger partial charge in [0.15, 0.2) is 0 Å². The summed E-state index contributed by atoms with van der Waals surface area (Å²) >= 11 is 0. The Morgan fingerprint density at radius 3 is 2.89 bits per heavy atom. The first-order valence-corrected chi connectivity index (χ1v) is 12.9. The molecule has 0 spiro atoms. The number of nitrogens with zero attached hydrogens (tertiary/aromatic N) is 1. The van der Waals surface area contributed by atoms with Crippen LogP contribution in [0.2, 0.25) is 0 Å². The number of amides is 1. The van der Waals surface area contributed by atoms with Crippen molar-refractivity contribution in [3.8, 4) is 17.6 Å². The molecule has 0 bridgehead atoms. The Bertz CT molecular complexity index is 1120. The summed E-state index contributed by atoms with van der Waals surface area (Å²) in [5.41, 5.74) is 3.25. The first-order chi connectivity index (χ1) is 17.5. The maximum Gasteiger partial charge on any atom is 0.220 e. The molecule has 2 aromatic rings. The molecular formula is C30H36N2O4. The summed E-state index contributed by atoms with van der Waals surface area (Å²) < 4.78 is 6.35. The number of fused-ring (bicyclic) bond motifs is 3. The molecule has 6 heteroatoms. The van der Waals surface area contributed by atoms with Crippen LogP contribution in [0.1, 0.15) is 62.1 Å². The summed E-state index contributed by atoms with van der Waals surface area (Å²) in [7, 11) is 0. The molecule has 6 nitrogen and oxygen atoms in total. The number of aromatic nitrogens is 1. The van der Waals surface area contributed by atoms with Crippen molar-refractivity contribution in [2.75, 3.05) is 0 Å². The van der Waals surface area contributed by atoms with E-state index in [2.05, 4.69) is 34.3 Å². The minimum Gasteiger partial charge on any atom is -0.489 e. The molecule has 3 N–H and O–H groups in total. The Hall–Kier alpha value is -3.14. The molecule has 1 fully saturated rings. The fraction of sp³-hybridized carbons (Fsp3) is 0.467. The van der Waals surface area contributed by atoms with Gasteiger partial charge in [-0.2, -0.15) is 0 Å². The normalized spacial score (nSPS) is 23.8. The SMILES string of the molecule is CC#CC[C@H](C)[C@H](O)/C=C/[C@@H]1[C@H]2c3cccc(CCCC(=O)NCc4ccncc4)c3O[C@H]2C[C@H]1O. The molecule has 36 heavy (non-hydrogen) atoms. The number of carbonyl (C=O) groups is 1. The van der Waals surface area contributed by atoms with Crippen molar-refractivity contribution < 1.29 is 19.7 Å². The van der Waals surface area contributed by atoms with Crippen LogP contribution in [0.15, 0.2) is 54.9 Å². The van der Waals surface area contributed by atoms with Crippen molar-refractivity contribution >= 4 is 5.91 Å². The van der Waals surface area contributed by atoms with Crippen LogP contribution < -0.4 is 10.1 Å². The summed E-state index contributed by atoms with van der Waals surface area (Å²) in [6.07, 6.45) is 9.17.